The van der Waals surface area contributed by atoms with E-state index in [1.165, 1.54) is 12.8 Å². The van der Waals surface area contributed by atoms with Gasteiger partial charge in [0.2, 0.25) is 0 Å². The van der Waals surface area contributed by atoms with Crippen LogP contribution in [-0.2, 0) is 9.53 Å². The molecule has 1 aliphatic carbocycles. The van der Waals surface area contributed by atoms with Crippen LogP contribution in [0.5, 0.6) is 0 Å². The van der Waals surface area contributed by atoms with Crippen molar-refractivity contribution in [1.29, 1.82) is 0 Å². The Balaban J connectivity index is 1.66. The highest BCUT2D eigenvalue weighted by Gasteiger charge is 2.30. The largest absolute Gasteiger partial charge is 0.479 e. The summed E-state index contributed by atoms with van der Waals surface area (Å²) in [5.41, 5.74) is 0. The maximum absolute atomic E-state index is 11.8. The SMILES string of the molecule is CC1CCCCC1NC(=O)NCC1CCC(C(=O)O)O1. The van der Waals surface area contributed by atoms with E-state index in [9.17, 15) is 9.59 Å². The molecule has 0 radical (unpaired) electrons. The average molecular weight is 284 g/mol. The van der Waals surface area contributed by atoms with Gasteiger partial charge < -0.3 is 20.5 Å². The quantitative estimate of drug-likeness (QED) is 0.730. The first-order chi connectivity index (χ1) is 9.56. The second kappa shape index (κ2) is 6.92. The van der Waals surface area contributed by atoms with Crippen molar-refractivity contribution < 1.29 is 19.4 Å². The van der Waals surface area contributed by atoms with Crippen molar-refractivity contribution in [3.05, 3.63) is 0 Å². The number of rotatable bonds is 4. The van der Waals surface area contributed by atoms with Gasteiger partial charge in [-0.05, 0) is 31.6 Å². The molecule has 2 rings (SSSR count). The molecule has 1 saturated heterocycles. The number of carbonyl (C=O) groups is 2. The Labute approximate surface area is 119 Å². The highest BCUT2D eigenvalue weighted by molar-refractivity contribution is 5.74. The van der Waals surface area contributed by atoms with Crippen LogP contribution in [-0.4, -0.2) is 41.9 Å². The van der Waals surface area contributed by atoms with Crippen molar-refractivity contribution in [2.75, 3.05) is 6.54 Å². The van der Waals surface area contributed by atoms with Crippen LogP contribution in [0.4, 0.5) is 4.79 Å². The second-order valence-electron chi connectivity index (χ2n) is 5.88. The van der Waals surface area contributed by atoms with Crippen molar-refractivity contribution in [2.45, 2.75) is 63.7 Å². The first-order valence-electron chi connectivity index (χ1n) is 7.49. The monoisotopic (exact) mass is 284 g/mol. The molecule has 1 aliphatic heterocycles. The zero-order valence-corrected chi connectivity index (χ0v) is 11.9. The van der Waals surface area contributed by atoms with E-state index in [-0.39, 0.29) is 18.2 Å². The Morgan fingerprint density at radius 3 is 2.60 bits per heavy atom. The minimum Gasteiger partial charge on any atom is -0.479 e. The number of amides is 2. The Morgan fingerprint density at radius 1 is 1.20 bits per heavy atom. The van der Waals surface area contributed by atoms with E-state index in [4.69, 9.17) is 9.84 Å². The molecule has 0 aromatic carbocycles. The summed E-state index contributed by atoms with van der Waals surface area (Å²) in [6.07, 6.45) is 4.90. The molecule has 0 aromatic heterocycles. The van der Waals surface area contributed by atoms with E-state index in [0.717, 1.165) is 12.8 Å². The summed E-state index contributed by atoms with van der Waals surface area (Å²) in [4.78, 5) is 22.6. The second-order valence-corrected chi connectivity index (χ2v) is 5.88. The van der Waals surface area contributed by atoms with E-state index in [0.29, 0.717) is 25.3 Å². The predicted octanol–water partition coefficient (Wildman–Crippen LogP) is 1.50. The van der Waals surface area contributed by atoms with Crippen LogP contribution in [0.3, 0.4) is 0 Å². The van der Waals surface area contributed by atoms with Gasteiger partial charge in [0.05, 0.1) is 6.10 Å². The molecule has 6 heteroatoms. The number of urea groups is 1. The van der Waals surface area contributed by atoms with E-state index < -0.39 is 12.1 Å². The fraction of sp³-hybridized carbons (Fsp3) is 0.857. The lowest BCUT2D eigenvalue weighted by molar-refractivity contribution is -0.149. The third kappa shape index (κ3) is 4.10. The number of carboxylic acid groups (broad SMARTS) is 1. The van der Waals surface area contributed by atoms with Crippen LogP contribution >= 0.6 is 0 Å². The minimum absolute atomic E-state index is 0.175. The lowest BCUT2D eigenvalue weighted by atomic mass is 9.86. The zero-order valence-electron chi connectivity index (χ0n) is 11.9. The standard InChI is InChI=1S/C14H24N2O4/c1-9-4-2-3-5-11(9)16-14(19)15-8-10-6-7-12(20-10)13(17)18/h9-12H,2-8H2,1H3,(H,17,18)(H2,15,16,19). The molecule has 0 spiro atoms. The first-order valence-corrected chi connectivity index (χ1v) is 7.49. The number of hydrogen-bond donors (Lipinski definition) is 3. The summed E-state index contributed by atoms with van der Waals surface area (Å²) in [5, 5.41) is 14.6. The van der Waals surface area contributed by atoms with Gasteiger partial charge in [-0.25, -0.2) is 9.59 Å². The van der Waals surface area contributed by atoms with E-state index in [1.54, 1.807) is 0 Å². The van der Waals surface area contributed by atoms with Crippen LogP contribution in [0, 0.1) is 5.92 Å². The topological polar surface area (TPSA) is 87.7 Å². The molecule has 1 heterocycles. The molecule has 2 aliphatic rings. The molecule has 0 bridgehead atoms. The van der Waals surface area contributed by atoms with Gasteiger partial charge in [-0.2, -0.15) is 0 Å². The van der Waals surface area contributed by atoms with Crippen LogP contribution in [0.15, 0.2) is 0 Å². The average Bonchev–Trinajstić information content (AvgIpc) is 2.88. The number of hydrogen-bond acceptors (Lipinski definition) is 3. The fourth-order valence-electron chi connectivity index (χ4n) is 2.99. The Hall–Kier alpha value is -1.30. The summed E-state index contributed by atoms with van der Waals surface area (Å²) in [6, 6.07) is 0.0751. The van der Waals surface area contributed by atoms with Crippen molar-refractivity contribution in [3.63, 3.8) is 0 Å². The van der Waals surface area contributed by atoms with Gasteiger partial charge in [-0.1, -0.05) is 19.8 Å². The molecule has 4 unspecified atom stereocenters. The number of carboxylic acids is 1. The van der Waals surface area contributed by atoms with Gasteiger partial charge >= 0.3 is 12.0 Å². The van der Waals surface area contributed by atoms with Crippen molar-refractivity contribution in [2.24, 2.45) is 5.92 Å². The minimum atomic E-state index is -0.923. The van der Waals surface area contributed by atoms with Gasteiger partial charge in [-0.3, -0.25) is 0 Å². The van der Waals surface area contributed by atoms with Crippen LogP contribution in [0.2, 0.25) is 0 Å². The molecular formula is C14H24N2O4. The molecule has 2 amide bonds. The van der Waals surface area contributed by atoms with Gasteiger partial charge in [0.15, 0.2) is 6.10 Å². The van der Waals surface area contributed by atoms with Crippen LogP contribution < -0.4 is 10.6 Å². The fourth-order valence-corrected chi connectivity index (χ4v) is 2.99. The third-order valence-electron chi connectivity index (χ3n) is 4.30. The smallest absolute Gasteiger partial charge is 0.332 e. The van der Waals surface area contributed by atoms with E-state index >= 15 is 0 Å². The number of aliphatic carboxylic acids is 1. The predicted molar refractivity (Wildman–Crippen MR) is 73.5 cm³/mol. The number of nitrogens with one attached hydrogen (secondary N) is 2. The van der Waals surface area contributed by atoms with Crippen LogP contribution in [0.1, 0.15) is 45.4 Å². The molecule has 20 heavy (non-hydrogen) atoms. The highest BCUT2D eigenvalue weighted by Crippen LogP contribution is 2.23. The summed E-state index contributed by atoms with van der Waals surface area (Å²) >= 11 is 0. The molecule has 0 aromatic rings. The van der Waals surface area contributed by atoms with Crippen molar-refractivity contribution in [3.8, 4) is 0 Å². The van der Waals surface area contributed by atoms with Gasteiger partial charge in [0, 0.05) is 12.6 Å². The summed E-state index contributed by atoms with van der Waals surface area (Å²) in [7, 11) is 0. The Bertz CT molecular complexity index is 361. The van der Waals surface area contributed by atoms with E-state index in [2.05, 4.69) is 17.6 Å². The first kappa shape index (κ1) is 15.1. The molecule has 1 saturated carbocycles. The van der Waals surface area contributed by atoms with E-state index in [1.807, 2.05) is 0 Å². The maximum Gasteiger partial charge on any atom is 0.332 e. The number of carbonyl (C=O) groups excluding carboxylic acids is 1. The molecular weight excluding hydrogens is 260 g/mol. The molecule has 6 nitrogen and oxygen atoms in total. The molecule has 3 N–H and O–H groups in total. The maximum atomic E-state index is 11.8. The normalized spacial score (nSPS) is 33.6. The Morgan fingerprint density at radius 2 is 1.95 bits per heavy atom. The van der Waals surface area contributed by atoms with Gasteiger partial charge in [0.25, 0.3) is 0 Å². The van der Waals surface area contributed by atoms with Crippen molar-refractivity contribution >= 4 is 12.0 Å². The summed E-state index contributed by atoms with van der Waals surface area (Å²) in [5.74, 6) is -0.401. The van der Waals surface area contributed by atoms with Crippen LogP contribution in [0.25, 0.3) is 0 Å². The Kier molecular flexibility index (Phi) is 5.23. The lowest BCUT2D eigenvalue weighted by Gasteiger charge is -2.29. The van der Waals surface area contributed by atoms with Crippen molar-refractivity contribution in [1.82, 2.24) is 10.6 Å². The van der Waals surface area contributed by atoms with Gasteiger partial charge in [0.1, 0.15) is 0 Å². The summed E-state index contributed by atoms with van der Waals surface area (Å²) < 4.78 is 5.34. The van der Waals surface area contributed by atoms with Gasteiger partial charge in [-0.15, -0.1) is 0 Å². The number of ether oxygens (including phenoxy) is 1. The molecule has 114 valence electrons. The lowest BCUT2D eigenvalue weighted by Crippen LogP contribution is -2.47. The molecule has 2 fully saturated rings. The highest BCUT2D eigenvalue weighted by atomic mass is 16.5. The zero-order chi connectivity index (χ0) is 14.5. The third-order valence-corrected chi connectivity index (χ3v) is 4.30. The summed E-state index contributed by atoms with van der Waals surface area (Å²) in [6.45, 7) is 2.54. The molecule has 4 atom stereocenters.